The number of amides is 1. The van der Waals surface area contributed by atoms with Crippen molar-refractivity contribution in [1.82, 2.24) is 14.9 Å². The molecule has 0 bridgehead atoms. The number of aromatic nitrogens is 2. The number of nitrogens with zero attached hydrogens (tertiary/aromatic N) is 4. The monoisotopic (exact) mass is 444 g/mol. The first-order valence-electron chi connectivity index (χ1n) is 10.9. The van der Waals surface area contributed by atoms with Crippen LogP contribution in [0.3, 0.4) is 0 Å². The van der Waals surface area contributed by atoms with Gasteiger partial charge >= 0.3 is 0 Å². The molecule has 7 heteroatoms. The number of rotatable bonds is 5. The van der Waals surface area contributed by atoms with Gasteiger partial charge in [-0.1, -0.05) is 42.4 Å². The van der Waals surface area contributed by atoms with Gasteiger partial charge in [0.15, 0.2) is 5.16 Å². The fourth-order valence-corrected chi connectivity index (χ4v) is 5.06. The van der Waals surface area contributed by atoms with Crippen LogP contribution in [0, 0.1) is 5.92 Å². The first-order valence-corrected chi connectivity index (χ1v) is 12.3. The Bertz CT molecular complexity index is 862. The van der Waals surface area contributed by atoms with Crippen LogP contribution in [0.1, 0.15) is 54.9 Å². The molecule has 0 radical (unpaired) electrons. The van der Waals surface area contributed by atoms with E-state index in [0.717, 1.165) is 67.6 Å². The molecule has 0 saturated carbocycles. The highest BCUT2D eigenvalue weighted by Gasteiger charge is 2.19. The van der Waals surface area contributed by atoms with Crippen molar-refractivity contribution in [2.75, 3.05) is 31.1 Å². The molecule has 2 aliphatic rings. The number of hydrogen-bond donors (Lipinski definition) is 0. The van der Waals surface area contributed by atoms with Gasteiger partial charge in [-0.15, -0.1) is 0 Å². The summed E-state index contributed by atoms with van der Waals surface area (Å²) in [6.07, 6.45) is 5.82. The maximum atomic E-state index is 12.6. The summed E-state index contributed by atoms with van der Waals surface area (Å²) in [5.74, 6) is 2.59. The van der Waals surface area contributed by atoms with Crippen molar-refractivity contribution in [3.05, 3.63) is 46.6 Å². The molecule has 160 valence electrons. The second-order valence-corrected chi connectivity index (χ2v) is 9.67. The zero-order valence-electron chi connectivity index (χ0n) is 17.5. The number of hydrogen-bond acceptors (Lipinski definition) is 5. The number of carbonyl (C=O) groups excluding carboxylic acids is 1. The normalized spacial score (nSPS) is 17.9. The van der Waals surface area contributed by atoms with E-state index in [1.54, 1.807) is 11.8 Å². The molecule has 5 nitrogen and oxygen atoms in total. The Morgan fingerprint density at radius 3 is 2.47 bits per heavy atom. The Labute approximate surface area is 188 Å². The van der Waals surface area contributed by atoms with Crippen LogP contribution in [0.25, 0.3) is 0 Å². The summed E-state index contributed by atoms with van der Waals surface area (Å²) >= 11 is 7.86. The minimum atomic E-state index is 0.146. The number of benzene rings is 1. The van der Waals surface area contributed by atoms with Gasteiger partial charge < -0.3 is 9.80 Å². The third kappa shape index (κ3) is 5.46. The molecule has 2 aromatic rings. The number of anilines is 1. The predicted molar refractivity (Wildman–Crippen MR) is 123 cm³/mol. The Hall–Kier alpha value is -1.79. The van der Waals surface area contributed by atoms with Crippen LogP contribution in [0.5, 0.6) is 0 Å². The van der Waals surface area contributed by atoms with Gasteiger partial charge in [0.05, 0.1) is 0 Å². The fraction of sp³-hybridized carbons (Fsp3) is 0.522. The maximum absolute atomic E-state index is 12.6. The molecule has 1 aromatic heterocycles. The second kappa shape index (κ2) is 10.0. The van der Waals surface area contributed by atoms with Crippen molar-refractivity contribution in [3.63, 3.8) is 0 Å². The molecular weight excluding hydrogens is 416 g/mol. The van der Waals surface area contributed by atoms with Gasteiger partial charge in [0.25, 0.3) is 5.91 Å². The summed E-state index contributed by atoms with van der Waals surface area (Å²) < 4.78 is 0. The molecule has 1 amide bonds. The molecule has 0 unspecified atom stereocenters. The lowest BCUT2D eigenvalue weighted by atomic mass is 9.99. The van der Waals surface area contributed by atoms with E-state index >= 15 is 0 Å². The summed E-state index contributed by atoms with van der Waals surface area (Å²) in [7, 11) is 0. The second-order valence-electron chi connectivity index (χ2n) is 8.34. The lowest BCUT2D eigenvalue weighted by molar-refractivity contribution is 0.0724. The SMILES string of the molecule is CC1CCN(c2cc(Cl)nc(SCc3ccc(C(=O)N4CCCCC4)cc3)n2)CC1. The van der Waals surface area contributed by atoms with Crippen LogP contribution >= 0.6 is 23.4 Å². The Morgan fingerprint density at radius 1 is 1.07 bits per heavy atom. The van der Waals surface area contributed by atoms with E-state index in [0.29, 0.717) is 10.3 Å². The van der Waals surface area contributed by atoms with Crippen LogP contribution in [-0.2, 0) is 5.75 Å². The van der Waals surface area contributed by atoms with Gasteiger partial charge in [0.2, 0.25) is 0 Å². The predicted octanol–water partition coefficient (Wildman–Crippen LogP) is 5.28. The lowest BCUT2D eigenvalue weighted by Gasteiger charge is -2.31. The van der Waals surface area contributed by atoms with E-state index in [2.05, 4.69) is 16.8 Å². The Balaban J connectivity index is 1.36. The van der Waals surface area contributed by atoms with Crippen LogP contribution in [0.4, 0.5) is 5.82 Å². The smallest absolute Gasteiger partial charge is 0.253 e. The molecule has 0 spiro atoms. The van der Waals surface area contributed by atoms with E-state index in [-0.39, 0.29) is 5.91 Å². The first kappa shape index (κ1) is 21.4. The summed E-state index contributed by atoms with van der Waals surface area (Å²) in [5, 5.41) is 1.19. The van der Waals surface area contributed by atoms with Crippen molar-refractivity contribution in [1.29, 1.82) is 0 Å². The molecule has 3 heterocycles. The standard InChI is InChI=1S/C23H29ClN4OS/c1-17-9-13-27(14-10-17)21-15-20(24)25-23(26-21)30-16-18-5-7-19(8-6-18)22(29)28-11-3-2-4-12-28/h5-8,15,17H,2-4,9-14,16H2,1H3. The van der Waals surface area contributed by atoms with Crippen LogP contribution in [-0.4, -0.2) is 47.0 Å². The summed E-state index contributed by atoms with van der Waals surface area (Å²) in [6, 6.07) is 9.80. The van der Waals surface area contributed by atoms with Crippen molar-refractivity contribution < 1.29 is 4.79 Å². The quantitative estimate of drug-likeness (QED) is 0.356. The van der Waals surface area contributed by atoms with E-state index in [1.807, 2.05) is 35.2 Å². The topological polar surface area (TPSA) is 49.3 Å². The van der Waals surface area contributed by atoms with E-state index in [4.69, 9.17) is 16.6 Å². The van der Waals surface area contributed by atoms with E-state index in [9.17, 15) is 4.79 Å². The van der Waals surface area contributed by atoms with Crippen LogP contribution in [0.15, 0.2) is 35.5 Å². The minimum absolute atomic E-state index is 0.146. The molecular formula is C23H29ClN4OS. The molecule has 4 rings (SSSR count). The van der Waals surface area contributed by atoms with Crippen molar-refractivity contribution >= 4 is 35.1 Å². The number of halogens is 1. The molecule has 0 aliphatic carbocycles. The van der Waals surface area contributed by atoms with Crippen LogP contribution in [0.2, 0.25) is 5.15 Å². The van der Waals surface area contributed by atoms with Gasteiger partial charge in [-0.05, 0) is 55.7 Å². The minimum Gasteiger partial charge on any atom is -0.356 e. The summed E-state index contributed by atoms with van der Waals surface area (Å²) in [4.78, 5) is 26.0. The fourth-order valence-electron chi connectivity index (χ4n) is 4.02. The summed E-state index contributed by atoms with van der Waals surface area (Å²) in [5.41, 5.74) is 1.92. The van der Waals surface area contributed by atoms with Crippen LogP contribution < -0.4 is 4.90 Å². The molecule has 0 N–H and O–H groups in total. The zero-order valence-corrected chi connectivity index (χ0v) is 19.1. The number of likely N-dealkylation sites (tertiary alicyclic amines) is 1. The van der Waals surface area contributed by atoms with E-state index < -0.39 is 0 Å². The largest absolute Gasteiger partial charge is 0.356 e. The van der Waals surface area contributed by atoms with Gasteiger partial charge in [-0.2, -0.15) is 0 Å². The lowest BCUT2D eigenvalue weighted by Crippen LogP contribution is -2.35. The molecule has 2 fully saturated rings. The van der Waals surface area contributed by atoms with Crippen molar-refractivity contribution in [2.45, 2.75) is 49.9 Å². The highest BCUT2D eigenvalue weighted by atomic mass is 35.5. The number of carbonyl (C=O) groups is 1. The molecule has 2 saturated heterocycles. The zero-order chi connectivity index (χ0) is 20.9. The van der Waals surface area contributed by atoms with Crippen molar-refractivity contribution in [2.24, 2.45) is 5.92 Å². The average molecular weight is 445 g/mol. The van der Waals surface area contributed by atoms with Gasteiger partial charge in [0.1, 0.15) is 11.0 Å². The van der Waals surface area contributed by atoms with Gasteiger partial charge in [-0.25, -0.2) is 9.97 Å². The van der Waals surface area contributed by atoms with Gasteiger partial charge in [0, 0.05) is 43.6 Å². The van der Waals surface area contributed by atoms with E-state index in [1.165, 1.54) is 19.3 Å². The number of thioether (sulfide) groups is 1. The van der Waals surface area contributed by atoms with Gasteiger partial charge in [-0.3, -0.25) is 4.79 Å². The average Bonchev–Trinajstić information content (AvgIpc) is 2.78. The molecule has 1 aromatic carbocycles. The van der Waals surface area contributed by atoms with Crippen molar-refractivity contribution in [3.8, 4) is 0 Å². The molecule has 30 heavy (non-hydrogen) atoms. The third-order valence-corrected chi connectivity index (χ3v) is 7.09. The Kier molecular flexibility index (Phi) is 7.16. The Morgan fingerprint density at radius 2 is 1.77 bits per heavy atom. The highest BCUT2D eigenvalue weighted by molar-refractivity contribution is 7.98. The number of piperidine rings is 2. The summed E-state index contributed by atoms with van der Waals surface area (Å²) in [6.45, 7) is 6.09. The highest BCUT2D eigenvalue weighted by Crippen LogP contribution is 2.27. The first-order chi connectivity index (χ1) is 14.6. The molecule has 2 aliphatic heterocycles. The third-order valence-electron chi connectivity index (χ3n) is 5.98. The maximum Gasteiger partial charge on any atom is 0.253 e. The molecule has 0 atom stereocenters.